The summed E-state index contributed by atoms with van der Waals surface area (Å²) in [5.74, 6) is 1.03. The molecule has 0 amide bonds. The van der Waals surface area contributed by atoms with Crippen molar-refractivity contribution in [3.05, 3.63) is 30.3 Å². The quantitative estimate of drug-likeness (QED) is 0.712. The summed E-state index contributed by atoms with van der Waals surface area (Å²) in [7, 11) is -0.537. The van der Waals surface area contributed by atoms with Gasteiger partial charge in [-0.3, -0.25) is 0 Å². The summed E-state index contributed by atoms with van der Waals surface area (Å²) in [6.07, 6.45) is 9.25. The monoisotopic (exact) mass is 222 g/mol. The van der Waals surface area contributed by atoms with E-state index in [9.17, 15) is 0 Å². The van der Waals surface area contributed by atoms with Gasteiger partial charge in [-0.15, -0.1) is 0 Å². The van der Waals surface area contributed by atoms with Gasteiger partial charge < -0.3 is 0 Å². The Labute approximate surface area is 95.4 Å². The standard InChI is InChI=1S/C14H22S/c1-4-8-12-11-14(12)15(2,3)13-9-6-5-7-10-13/h5-7,9-10,12,14H,4,8,11H2,1-3H3/t12-,14-/m0/s1. The molecule has 0 aromatic heterocycles. The van der Waals surface area contributed by atoms with Crippen molar-refractivity contribution in [1.29, 1.82) is 0 Å². The molecule has 0 radical (unpaired) electrons. The van der Waals surface area contributed by atoms with Gasteiger partial charge >= 0.3 is 0 Å². The fraction of sp³-hybridized carbons (Fsp3) is 0.571. The molecule has 1 fully saturated rings. The molecule has 84 valence electrons. The van der Waals surface area contributed by atoms with Crippen LogP contribution in [0, 0.1) is 5.92 Å². The van der Waals surface area contributed by atoms with Crippen LogP contribution in [0.2, 0.25) is 0 Å². The SMILES string of the molecule is CCC[C@H]1C[C@@H]1S(C)(C)c1ccccc1. The summed E-state index contributed by atoms with van der Waals surface area (Å²) in [6.45, 7) is 2.31. The first-order valence-electron chi connectivity index (χ1n) is 5.93. The lowest BCUT2D eigenvalue weighted by Crippen LogP contribution is -2.04. The highest BCUT2D eigenvalue weighted by atomic mass is 32.3. The second kappa shape index (κ2) is 4.21. The van der Waals surface area contributed by atoms with E-state index in [0.717, 1.165) is 11.2 Å². The smallest absolute Gasteiger partial charge is 0.00467 e. The van der Waals surface area contributed by atoms with Gasteiger partial charge in [-0.2, -0.15) is 0 Å². The fourth-order valence-electron chi connectivity index (χ4n) is 2.56. The maximum absolute atomic E-state index is 2.49. The highest BCUT2D eigenvalue weighted by Gasteiger charge is 2.44. The normalized spacial score (nSPS) is 26.3. The Morgan fingerprint density at radius 2 is 1.87 bits per heavy atom. The highest BCUT2D eigenvalue weighted by Crippen LogP contribution is 2.65. The first kappa shape index (κ1) is 11.1. The van der Waals surface area contributed by atoms with Gasteiger partial charge in [0.15, 0.2) is 0 Å². The van der Waals surface area contributed by atoms with Crippen LogP contribution in [0.1, 0.15) is 26.2 Å². The minimum Gasteiger partial charge on any atom is -0.217 e. The minimum absolute atomic E-state index is 0.537. The average molecular weight is 222 g/mol. The zero-order chi connectivity index (χ0) is 10.9. The topological polar surface area (TPSA) is 0 Å². The molecule has 2 rings (SSSR count). The predicted molar refractivity (Wildman–Crippen MR) is 71.0 cm³/mol. The summed E-state index contributed by atoms with van der Waals surface area (Å²) in [5.41, 5.74) is 0. The lowest BCUT2D eigenvalue weighted by Gasteiger charge is -2.32. The molecule has 0 N–H and O–H groups in total. The van der Waals surface area contributed by atoms with E-state index >= 15 is 0 Å². The molecular weight excluding hydrogens is 200 g/mol. The molecule has 0 heterocycles. The van der Waals surface area contributed by atoms with Crippen molar-refractivity contribution in [2.45, 2.75) is 36.3 Å². The lowest BCUT2D eigenvalue weighted by atomic mass is 10.2. The summed E-state index contributed by atoms with van der Waals surface area (Å²) >= 11 is 0. The molecule has 2 atom stereocenters. The maximum Gasteiger partial charge on any atom is -0.00467 e. The van der Waals surface area contributed by atoms with Crippen LogP contribution in [0.15, 0.2) is 35.2 Å². The van der Waals surface area contributed by atoms with Crippen molar-refractivity contribution < 1.29 is 0 Å². The van der Waals surface area contributed by atoms with Crippen molar-refractivity contribution in [2.75, 3.05) is 12.5 Å². The molecule has 1 saturated carbocycles. The van der Waals surface area contributed by atoms with Crippen molar-refractivity contribution in [3.8, 4) is 0 Å². The molecule has 1 aliphatic carbocycles. The van der Waals surface area contributed by atoms with Crippen LogP contribution in [0.25, 0.3) is 0 Å². The molecule has 1 aromatic carbocycles. The third-order valence-electron chi connectivity index (χ3n) is 3.62. The number of benzene rings is 1. The number of hydrogen-bond acceptors (Lipinski definition) is 0. The van der Waals surface area contributed by atoms with Crippen molar-refractivity contribution >= 4 is 10.0 Å². The average Bonchev–Trinajstić information content (AvgIpc) is 3.00. The van der Waals surface area contributed by atoms with Gasteiger partial charge in [0.1, 0.15) is 0 Å². The van der Waals surface area contributed by atoms with Gasteiger partial charge in [-0.05, 0) is 41.4 Å². The van der Waals surface area contributed by atoms with Crippen LogP contribution in [0.5, 0.6) is 0 Å². The molecular formula is C14H22S. The van der Waals surface area contributed by atoms with Gasteiger partial charge in [-0.25, -0.2) is 10.0 Å². The summed E-state index contributed by atoms with van der Waals surface area (Å²) < 4.78 is 0. The van der Waals surface area contributed by atoms with E-state index in [0.29, 0.717) is 0 Å². The third-order valence-corrected chi connectivity index (χ3v) is 7.20. The Kier molecular flexibility index (Phi) is 3.11. The van der Waals surface area contributed by atoms with E-state index in [1.165, 1.54) is 19.3 Å². The van der Waals surface area contributed by atoms with Crippen LogP contribution < -0.4 is 0 Å². The summed E-state index contributed by atoms with van der Waals surface area (Å²) in [5, 5.41) is 1.000. The molecule has 0 nitrogen and oxygen atoms in total. The largest absolute Gasteiger partial charge is 0.217 e. The van der Waals surface area contributed by atoms with Crippen LogP contribution >= 0.6 is 10.0 Å². The maximum atomic E-state index is 2.49. The molecule has 1 heteroatoms. The Bertz CT molecular complexity index is 315. The van der Waals surface area contributed by atoms with E-state index in [1.807, 2.05) is 0 Å². The van der Waals surface area contributed by atoms with Crippen molar-refractivity contribution in [3.63, 3.8) is 0 Å². The van der Waals surface area contributed by atoms with Crippen LogP contribution in [0.3, 0.4) is 0 Å². The first-order chi connectivity index (χ1) is 7.16. The Morgan fingerprint density at radius 3 is 2.47 bits per heavy atom. The van der Waals surface area contributed by atoms with Crippen molar-refractivity contribution in [2.24, 2.45) is 5.92 Å². The van der Waals surface area contributed by atoms with Gasteiger partial charge in [0.2, 0.25) is 0 Å². The number of hydrogen-bond donors (Lipinski definition) is 0. The second-order valence-corrected chi connectivity index (χ2v) is 8.93. The fourth-order valence-corrected chi connectivity index (χ4v) is 5.60. The molecule has 15 heavy (non-hydrogen) atoms. The predicted octanol–water partition coefficient (Wildman–Crippen LogP) is 4.30. The zero-order valence-corrected chi connectivity index (χ0v) is 10.9. The van der Waals surface area contributed by atoms with E-state index in [2.05, 4.69) is 49.8 Å². The molecule has 0 aliphatic heterocycles. The lowest BCUT2D eigenvalue weighted by molar-refractivity contribution is 0.709. The summed E-state index contributed by atoms with van der Waals surface area (Å²) in [6, 6.07) is 11.1. The van der Waals surface area contributed by atoms with Crippen LogP contribution in [0.4, 0.5) is 0 Å². The third kappa shape index (κ3) is 2.23. The van der Waals surface area contributed by atoms with E-state index in [-0.39, 0.29) is 0 Å². The molecule has 0 spiro atoms. The Morgan fingerprint density at radius 1 is 1.20 bits per heavy atom. The van der Waals surface area contributed by atoms with Crippen LogP contribution in [-0.4, -0.2) is 17.8 Å². The van der Waals surface area contributed by atoms with Gasteiger partial charge in [0.25, 0.3) is 0 Å². The molecule has 0 saturated heterocycles. The Hall–Kier alpha value is -0.430. The minimum atomic E-state index is -0.537. The van der Waals surface area contributed by atoms with E-state index < -0.39 is 10.0 Å². The van der Waals surface area contributed by atoms with Gasteiger partial charge in [-0.1, -0.05) is 43.7 Å². The molecule has 0 unspecified atom stereocenters. The molecule has 1 aliphatic rings. The highest BCUT2D eigenvalue weighted by molar-refractivity contribution is 8.33. The summed E-state index contributed by atoms with van der Waals surface area (Å²) in [4.78, 5) is 1.59. The van der Waals surface area contributed by atoms with E-state index in [1.54, 1.807) is 4.90 Å². The Balaban J connectivity index is 2.09. The van der Waals surface area contributed by atoms with Gasteiger partial charge in [0, 0.05) is 0 Å². The van der Waals surface area contributed by atoms with Gasteiger partial charge in [0.05, 0.1) is 0 Å². The van der Waals surface area contributed by atoms with Crippen molar-refractivity contribution in [1.82, 2.24) is 0 Å². The number of rotatable bonds is 4. The van der Waals surface area contributed by atoms with Crippen LogP contribution in [-0.2, 0) is 0 Å². The molecule has 0 bridgehead atoms. The molecule has 1 aromatic rings. The zero-order valence-electron chi connectivity index (χ0n) is 10.1. The first-order valence-corrected chi connectivity index (χ1v) is 8.44. The second-order valence-electron chi connectivity index (χ2n) is 5.04. The van der Waals surface area contributed by atoms with E-state index in [4.69, 9.17) is 0 Å².